The highest BCUT2D eigenvalue weighted by atomic mass is 19.1. The van der Waals surface area contributed by atoms with E-state index in [1.807, 2.05) is 0 Å². The lowest BCUT2D eigenvalue weighted by Crippen LogP contribution is -2.21. The third-order valence-electron chi connectivity index (χ3n) is 2.98. The van der Waals surface area contributed by atoms with Crippen molar-refractivity contribution >= 4 is 29.2 Å². The molecule has 0 aliphatic carbocycles. The van der Waals surface area contributed by atoms with Crippen molar-refractivity contribution in [3.8, 4) is 0 Å². The van der Waals surface area contributed by atoms with E-state index in [4.69, 9.17) is 4.74 Å². The van der Waals surface area contributed by atoms with E-state index >= 15 is 0 Å². The van der Waals surface area contributed by atoms with Gasteiger partial charge in [-0.05, 0) is 36.4 Å². The van der Waals surface area contributed by atoms with Gasteiger partial charge in [0.2, 0.25) is 5.91 Å². The van der Waals surface area contributed by atoms with Crippen molar-refractivity contribution in [1.82, 2.24) is 0 Å². The van der Waals surface area contributed by atoms with Crippen molar-refractivity contribution in [3.63, 3.8) is 0 Å². The maximum absolute atomic E-state index is 13.4. The van der Waals surface area contributed by atoms with Crippen LogP contribution in [0.2, 0.25) is 0 Å². The Morgan fingerprint density at radius 3 is 2.32 bits per heavy atom. The number of ether oxygens (including phenoxy) is 1. The molecule has 2 amide bonds. The average molecular weight is 348 g/mol. The topological polar surface area (TPSA) is 84.5 Å². The number of carbonyl (C=O) groups excluding carboxylic acids is 3. The van der Waals surface area contributed by atoms with Crippen molar-refractivity contribution in [2.45, 2.75) is 6.92 Å². The standard InChI is InChI=1S/C17H14F2N2O4/c1-10(22)20-13-5-2-11(3-6-13)17(24)25-9-16(23)21-15-8-12(18)4-7-14(15)19/h2-8H,9H2,1H3,(H,20,22)(H,21,23). The monoisotopic (exact) mass is 348 g/mol. The summed E-state index contributed by atoms with van der Waals surface area (Å²) >= 11 is 0. The molecule has 2 aromatic rings. The quantitative estimate of drug-likeness (QED) is 0.814. The van der Waals surface area contributed by atoms with Gasteiger partial charge in [0, 0.05) is 18.7 Å². The van der Waals surface area contributed by atoms with Crippen LogP contribution in [0.5, 0.6) is 0 Å². The number of nitrogens with one attached hydrogen (secondary N) is 2. The van der Waals surface area contributed by atoms with Crippen molar-refractivity contribution in [3.05, 3.63) is 59.7 Å². The van der Waals surface area contributed by atoms with E-state index in [0.29, 0.717) is 5.69 Å². The highest BCUT2D eigenvalue weighted by Crippen LogP contribution is 2.15. The van der Waals surface area contributed by atoms with Crippen LogP contribution in [-0.2, 0) is 14.3 Å². The van der Waals surface area contributed by atoms with Gasteiger partial charge in [0.25, 0.3) is 5.91 Å². The molecule has 0 atom stereocenters. The molecule has 0 radical (unpaired) electrons. The van der Waals surface area contributed by atoms with Gasteiger partial charge in [-0.2, -0.15) is 0 Å². The number of hydrogen-bond acceptors (Lipinski definition) is 4. The van der Waals surface area contributed by atoms with Crippen LogP contribution in [0.4, 0.5) is 20.2 Å². The molecule has 0 bridgehead atoms. The van der Waals surface area contributed by atoms with Gasteiger partial charge in [-0.25, -0.2) is 13.6 Å². The maximum atomic E-state index is 13.4. The van der Waals surface area contributed by atoms with Crippen LogP contribution >= 0.6 is 0 Å². The Bertz CT molecular complexity index is 807. The largest absolute Gasteiger partial charge is 0.452 e. The fourth-order valence-corrected chi connectivity index (χ4v) is 1.89. The zero-order valence-corrected chi connectivity index (χ0v) is 13.1. The molecule has 0 fully saturated rings. The van der Waals surface area contributed by atoms with Crippen LogP contribution in [0.15, 0.2) is 42.5 Å². The molecule has 6 nitrogen and oxygen atoms in total. The first-order valence-electron chi connectivity index (χ1n) is 7.15. The fourth-order valence-electron chi connectivity index (χ4n) is 1.89. The van der Waals surface area contributed by atoms with Gasteiger partial charge in [0.05, 0.1) is 11.3 Å². The number of anilines is 2. The highest BCUT2D eigenvalue weighted by Gasteiger charge is 2.12. The smallest absolute Gasteiger partial charge is 0.338 e. The summed E-state index contributed by atoms with van der Waals surface area (Å²) in [4.78, 5) is 34.4. The summed E-state index contributed by atoms with van der Waals surface area (Å²) in [5.41, 5.74) is 0.322. The summed E-state index contributed by atoms with van der Waals surface area (Å²) in [6.45, 7) is 0.685. The van der Waals surface area contributed by atoms with Crippen molar-refractivity contribution in [2.24, 2.45) is 0 Å². The molecule has 8 heteroatoms. The van der Waals surface area contributed by atoms with Gasteiger partial charge in [0.15, 0.2) is 6.61 Å². The molecule has 0 heterocycles. The number of hydrogen-bond donors (Lipinski definition) is 2. The van der Waals surface area contributed by atoms with Crippen LogP contribution in [-0.4, -0.2) is 24.4 Å². The van der Waals surface area contributed by atoms with Gasteiger partial charge in [-0.1, -0.05) is 0 Å². The lowest BCUT2D eigenvalue weighted by atomic mass is 10.2. The zero-order valence-electron chi connectivity index (χ0n) is 13.1. The van der Waals surface area contributed by atoms with Crippen LogP contribution in [0.3, 0.4) is 0 Å². The number of halogens is 2. The van der Waals surface area contributed by atoms with Gasteiger partial charge in [0.1, 0.15) is 11.6 Å². The second-order valence-electron chi connectivity index (χ2n) is 5.01. The molecular formula is C17H14F2N2O4. The normalized spacial score (nSPS) is 10.0. The molecule has 0 saturated heterocycles. The van der Waals surface area contributed by atoms with E-state index in [1.54, 1.807) is 0 Å². The average Bonchev–Trinajstić information content (AvgIpc) is 2.56. The predicted molar refractivity (Wildman–Crippen MR) is 86.0 cm³/mol. The first-order valence-corrected chi connectivity index (χ1v) is 7.15. The number of esters is 1. The predicted octanol–water partition coefficient (Wildman–Crippen LogP) is 2.72. The molecule has 0 aromatic heterocycles. The number of benzene rings is 2. The Labute approximate surface area is 141 Å². The number of rotatable bonds is 5. The Morgan fingerprint density at radius 2 is 1.68 bits per heavy atom. The van der Waals surface area contributed by atoms with Crippen molar-refractivity contribution < 1.29 is 27.9 Å². The van der Waals surface area contributed by atoms with Gasteiger partial charge in [-0.3, -0.25) is 9.59 Å². The Hall–Kier alpha value is -3.29. The molecule has 0 aliphatic rings. The molecular weight excluding hydrogens is 334 g/mol. The van der Waals surface area contributed by atoms with E-state index in [2.05, 4.69) is 10.6 Å². The Kier molecular flexibility index (Phi) is 5.78. The minimum Gasteiger partial charge on any atom is -0.452 e. The van der Waals surface area contributed by atoms with Crippen LogP contribution in [0, 0.1) is 11.6 Å². The summed E-state index contributed by atoms with van der Waals surface area (Å²) in [5, 5.41) is 4.65. The third-order valence-corrected chi connectivity index (χ3v) is 2.98. The molecule has 0 aliphatic heterocycles. The van der Waals surface area contributed by atoms with E-state index < -0.39 is 30.1 Å². The number of carbonyl (C=O) groups is 3. The Morgan fingerprint density at radius 1 is 1.00 bits per heavy atom. The molecule has 2 rings (SSSR count). The summed E-state index contributed by atoms with van der Waals surface area (Å²) in [6.07, 6.45) is 0. The Balaban J connectivity index is 1.89. The maximum Gasteiger partial charge on any atom is 0.338 e. The molecule has 130 valence electrons. The van der Waals surface area contributed by atoms with Crippen LogP contribution in [0.25, 0.3) is 0 Å². The molecule has 0 spiro atoms. The third kappa shape index (κ3) is 5.38. The summed E-state index contributed by atoms with van der Waals surface area (Å²) in [7, 11) is 0. The zero-order chi connectivity index (χ0) is 18.4. The SMILES string of the molecule is CC(=O)Nc1ccc(C(=O)OCC(=O)Nc2cc(F)ccc2F)cc1. The first-order chi connectivity index (χ1) is 11.8. The van der Waals surface area contributed by atoms with E-state index in [9.17, 15) is 23.2 Å². The lowest BCUT2D eigenvalue weighted by Gasteiger charge is -2.08. The first kappa shape index (κ1) is 18.1. The summed E-state index contributed by atoms with van der Waals surface area (Å²) in [5.74, 6) is -3.36. The van der Waals surface area contributed by atoms with E-state index in [1.165, 1.54) is 31.2 Å². The van der Waals surface area contributed by atoms with Gasteiger partial charge < -0.3 is 15.4 Å². The minimum atomic E-state index is -0.812. The summed E-state index contributed by atoms with van der Waals surface area (Å²) in [6, 6.07) is 8.43. The fraction of sp³-hybridized carbons (Fsp3) is 0.118. The highest BCUT2D eigenvalue weighted by molar-refractivity contribution is 5.96. The number of amides is 2. The molecule has 0 unspecified atom stereocenters. The van der Waals surface area contributed by atoms with E-state index in [0.717, 1.165) is 18.2 Å². The van der Waals surface area contributed by atoms with Crippen molar-refractivity contribution in [2.75, 3.05) is 17.2 Å². The molecule has 2 aromatic carbocycles. The van der Waals surface area contributed by atoms with E-state index in [-0.39, 0.29) is 17.2 Å². The molecule has 25 heavy (non-hydrogen) atoms. The molecule has 2 N–H and O–H groups in total. The second kappa shape index (κ2) is 8.00. The van der Waals surface area contributed by atoms with Crippen LogP contribution < -0.4 is 10.6 Å². The molecule has 0 saturated carbocycles. The van der Waals surface area contributed by atoms with Crippen molar-refractivity contribution in [1.29, 1.82) is 0 Å². The van der Waals surface area contributed by atoms with Gasteiger partial charge >= 0.3 is 5.97 Å². The van der Waals surface area contributed by atoms with Gasteiger partial charge in [-0.15, -0.1) is 0 Å². The second-order valence-corrected chi connectivity index (χ2v) is 5.01. The van der Waals surface area contributed by atoms with Crippen LogP contribution in [0.1, 0.15) is 17.3 Å². The summed E-state index contributed by atoms with van der Waals surface area (Å²) < 4.78 is 31.2. The lowest BCUT2D eigenvalue weighted by molar-refractivity contribution is -0.119. The minimum absolute atomic E-state index is 0.166.